The lowest BCUT2D eigenvalue weighted by molar-refractivity contribution is -0.140. The first-order chi connectivity index (χ1) is 15.8. The maximum Gasteiger partial charge on any atom is 0.247 e. The quantitative estimate of drug-likeness (QED) is 0.624. The summed E-state index contributed by atoms with van der Waals surface area (Å²) in [5.41, 5.74) is 1.51. The van der Waals surface area contributed by atoms with Crippen molar-refractivity contribution in [3.05, 3.63) is 71.9 Å². The number of nitrogens with one attached hydrogen (secondary N) is 1. The van der Waals surface area contributed by atoms with Crippen LogP contribution in [-0.4, -0.2) is 57.9 Å². The van der Waals surface area contributed by atoms with Crippen molar-refractivity contribution in [2.45, 2.75) is 32.2 Å². The van der Waals surface area contributed by atoms with Crippen LogP contribution >= 0.6 is 0 Å². The Balaban J connectivity index is 1.39. The Bertz CT molecular complexity index is 1140. The summed E-state index contributed by atoms with van der Waals surface area (Å²) in [6.45, 7) is 5.44. The summed E-state index contributed by atoms with van der Waals surface area (Å²) >= 11 is 0. The minimum atomic E-state index is -1.09. The van der Waals surface area contributed by atoms with E-state index in [4.69, 9.17) is 4.74 Å². The normalized spacial score (nSPS) is 17.1. The number of carbonyl (C=O) groups excluding carboxylic acids is 2. The van der Waals surface area contributed by atoms with Gasteiger partial charge in [-0.05, 0) is 49.6 Å². The molecule has 0 spiro atoms. The SMILES string of the molecule is CC(C)(NC(=O)Cc1cccc(F)c1)C(=O)N1CCOC[C@H](Cc2ccc3nccn3c2)C1. The first kappa shape index (κ1) is 22.9. The zero-order valence-electron chi connectivity index (χ0n) is 19.0. The van der Waals surface area contributed by atoms with Gasteiger partial charge in [0.25, 0.3) is 0 Å². The second-order valence-corrected chi connectivity index (χ2v) is 9.11. The Hall–Kier alpha value is -3.26. The van der Waals surface area contributed by atoms with Gasteiger partial charge in [0.05, 0.1) is 19.6 Å². The molecule has 1 N–H and O–H groups in total. The number of ether oxygens (including phenoxy) is 1. The lowest BCUT2D eigenvalue weighted by Gasteiger charge is -2.33. The van der Waals surface area contributed by atoms with E-state index in [-0.39, 0.29) is 24.2 Å². The maximum atomic E-state index is 13.4. The monoisotopic (exact) mass is 452 g/mol. The highest BCUT2D eigenvalue weighted by atomic mass is 19.1. The van der Waals surface area contributed by atoms with E-state index in [2.05, 4.69) is 22.6 Å². The molecular weight excluding hydrogens is 423 g/mol. The highest BCUT2D eigenvalue weighted by Crippen LogP contribution is 2.18. The van der Waals surface area contributed by atoms with Crippen LogP contribution < -0.4 is 5.32 Å². The predicted octanol–water partition coefficient (Wildman–Crippen LogP) is 2.63. The van der Waals surface area contributed by atoms with Gasteiger partial charge < -0.3 is 19.4 Å². The minimum Gasteiger partial charge on any atom is -0.379 e. The van der Waals surface area contributed by atoms with Crippen LogP contribution in [0, 0.1) is 11.7 Å². The number of carbonyl (C=O) groups is 2. The van der Waals surface area contributed by atoms with Crippen molar-refractivity contribution >= 4 is 17.5 Å². The summed E-state index contributed by atoms with van der Waals surface area (Å²) in [6.07, 6.45) is 6.50. The Kier molecular flexibility index (Phi) is 6.74. The van der Waals surface area contributed by atoms with Crippen LogP contribution in [0.15, 0.2) is 55.0 Å². The molecule has 3 aromatic rings. The number of hydrogen-bond donors (Lipinski definition) is 1. The lowest BCUT2D eigenvalue weighted by Crippen LogP contribution is -2.57. The van der Waals surface area contributed by atoms with Crippen molar-refractivity contribution < 1.29 is 18.7 Å². The van der Waals surface area contributed by atoms with Gasteiger partial charge in [0.2, 0.25) is 11.8 Å². The molecule has 0 bridgehead atoms. The van der Waals surface area contributed by atoms with Gasteiger partial charge in [0.1, 0.15) is 17.0 Å². The van der Waals surface area contributed by atoms with Crippen LogP contribution in [-0.2, 0) is 27.2 Å². The van der Waals surface area contributed by atoms with E-state index in [1.54, 1.807) is 37.1 Å². The highest BCUT2D eigenvalue weighted by Gasteiger charge is 2.35. The molecule has 174 valence electrons. The molecule has 1 fully saturated rings. The van der Waals surface area contributed by atoms with E-state index in [0.29, 0.717) is 31.9 Å². The largest absolute Gasteiger partial charge is 0.379 e. The fourth-order valence-electron chi connectivity index (χ4n) is 4.28. The summed E-state index contributed by atoms with van der Waals surface area (Å²) in [7, 11) is 0. The fourth-order valence-corrected chi connectivity index (χ4v) is 4.28. The standard InChI is InChI=1S/C25H29FN4O3/c1-25(2,28-23(31)14-18-4-3-5-21(26)13-18)24(32)30-10-11-33-17-20(16-30)12-19-6-7-22-27-8-9-29(22)15-19/h3-9,13,15,20H,10-12,14,16-17H2,1-2H3,(H,28,31)/t20-/m1/s1. The second-order valence-electron chi connectivity index (χ2n) is 9.11. The number of nitrogens with zero attached hydrogens (tertiary/aromatic N) is 3. The molecule has 2 aromatic heterocycles. The summed E-state index contributed by atoms with van der Waals surface area (Å²) in [5.74, 6) is -0.736. The third kappa shape index (κ3) is 5.76. The molecule has 1 aliphatic rings. The molecule has 0 saturated carbocycles. The fraction of sp³-hybridized carbons (Fsp3) is 0.400. The van der Waals surface area contributed by atoms with Crippen LogP contribution in [0.5, 0.6) is 0 Å². The molecule has 7 nitrogen and oxygen atoms in total. The molecule has 33 heavy (non-hydrogen) atoms. The molecule has 8 heteroatoms. The first-order valence-electron chi connectivity index (χ1n) is 11.1. The Labute approximate surface area is 192 Å². The van der Waals surface area contributed by atoms with E-state index in [9.17, 15) is 14.0 Å². The summed E-state index contributed by atoms with van der Waals surface area (Å²) in [4.78, 5) is 31.9. The molecule has 0 unspecified atom stereocenters. The number of rotatable bonds is 6. The van der Waals surface area contributed by atoms with E-state index >= 15 is 0 Å². The average molecular weight is 453 g/mol. The molecule has 1 aliphatic heterocycles. The van der Waals surface area contributed by atoms with Crippen molar-refractivity contribution in [1.29, 1.82) is 0 Å². The molecule has 1 atom stereocenters. The van der Waals surface area contributed by atoms with Gasteiger partial charge in [0.15, 0.2) is 0 Å². The van der Waals surface area contributed by atoms with Crippen molar-refractivity contribution in [1.82, 2.24) is 19.6 Å². The Morgan fingerprint density at radius 1 is 1.24 bits per heavy atom. The number of fused-ring (bicyclic) bond motifs is 1. The number of pyridine rings is 1. The number of imidazole rings is 1. The smallest absolute Gasteiger partial charge is 0.247 e. The van der Waals surface area contributed by atoms with E-state index in [1.165, 1.54) is 12.1 Å². The van der Waals surface area contributed by atoms with Crippen LogP contribution in [0.25, 0.3) is 5.65 Å². The zero-order chi connectivity index (χ0) is 23.4. The van der Waals surface area contributed by atoms with Gasteiger partial charge in [0, 0.05) is 37.6 Å². The van der Waals surface area contributed by atoms with Gasteiger partial charge in [-0.15, -0.1) is 0 Å². The molecule has 4 rings (SSSR count). The van der Waals surface area contributed by atoms with Crippen molar-refractivity contribution in [3.63, 3.8) is 0 Å². The van der Waals surface area contributed by atoms with E-state index in [0.717, 1.165) is 17.6 Å². The molecule has 1 saturated heterocycles. The van der Waals surface area contributed by atoms with Crippen LogP contribution in [0.1, 0.15) is 25.0 Å². The Morgan fingerprint density at radius 3 is 2.91 bits per heavy atom. The second kappa shape index (κ2) is 9.70. The van der Waals surface area contributed by atoms with Gasteiger partial charge in [-0.25, -0.2) is 9.37 Å². The summed E-state index contributed by atoms with van der Waals surface area (Å²) in [6, 6.07) is 9.95. The van der Waals surface area contributed by atoms with Gasteiger partial charge in [-0.3, -0.25) is 9.59 Å². The molecule has 0 radical (unpaired) electrons. The van der Waals surface area contributed by atoms with Gasteiger partial charge >= 0.3 is 0 Å². The first-order valence-corrected chi connectivity index (χ1v) is 11.1. The minimum absolute atomic E-state index is 0.0108. The van der Waals surface area contributed by atoms with Crippen LogP contribution in [0.4, 0.5) is 4.39 Å². The molecule has 2 amide bonds. The van der Waals surface area contributed by atoms with Crippen molar-refractivity contribution in [2.75, 3.05) is 26.3 Å². The molecule has 0 aliphatic carbocycles. The van der Waals surface area contributed by atoms with Gasteiger partial charge in [-0.1, -0.05) is 18.2 Å². The summed E-state index contributed by atoms with van der Waals surface area (Å²) in [5, 5.41) is 2.82. The maximum absolute atomic E-state index is 13.4. The summed E-state index contributed by atoms with van der Waals surface area (Å²) < 4.78 is 21.2. The molecule has 1 aromatic carbocycles. The Morgan fingerprint density at radius 2 is 2.09 bits per heavy atom. The average Bonchev–Trinajstić information content (AvgIpc) is 3.10. The third-order valence-electron chi connectivity index (χ3n) is 5.84. The van der Waals surface area contributed by atoms with Crippen LogP contribution in [0.2, 0.25) is 0 Å². The van der Waals surface area contributed by atoms with Crippen LogP contribution in [0.3, 0.4) is 0 Å². The third-order valence-corrected chi connectivity index (χ3v) is 5.84. The number of amides is 2. The van der Waals surface area contributed by atoms with Crippen molar-refractivity contribution in [2.24, 2.45) is 5.92 Å². The van der Waals surface area contributed by atoms with E-state index < -0.39 is 11.4 Å². The predicted molar refractivity (Wildman–Crippen MR) is 122 cm³/mol. The molecule has 3 heterocycles. The zero-order valence-corrected chi connectivity index (χ0v) is 19.0. The number of hydrogen-bond acceptors (Lipinski definition) is 4. The molecular formula is C25H29FN4O3. The van der Waals surface area contributed by atoms with E-state index in [1.807, 2.05) is 16.7 Å². The number of halogens is 1. The number of benzene rings is 1. The lowest BCUT2D eigenvalue weighted by atomic mass is 9.98. The topological polar surface area (TPSA) is 75.9 Å². The van der Waals surface area contributed by atoms with Gasteiger partial charge in [-0.2, -0.15) is 0 Å². The van der Waals surface area contributed by atoms with Crippen molar-refractivity contribution in [3.8, 4) is 0 Å². The highest BCUT2D eigenvalue weighted by molar-refractivity contribution is 5.91. The number of aromatic nitrogens is 2.